The molecule has 0 aliphatic carbocycles. The zero-order valence-electron chi connectivity index (χ0n) is 18.5. The van der Waals surface area contributed by atoms with E-state index in [0.717, 1.165) is 12.1 Å². The average molecular weight is 485 g/mol. The van der Waals surface area contributed by atoms with E-state index < -0.39 is 15.8 Å². The van der Waals surface area contributed by atoms with Gasteiger partial charge in [-0.25, -0.2) is 0 Å². The Balaban J connectivity index is 1.79. The van der Waals surface area contributed by atoms with Crippen LogP contribution in [0, 0.1) is 42.9 Å². The Morgan fingerprint density at radius 2 is 1.56 bits per heavy atom. The van der Waals surface area contributed by atoms with Crippen molar-refractivity contribution in [3.63, 3.8) is 0 Å². The summed E-state index contributed by atoms with van der Waals surface area (Å²) in [6.45, 7) is 0. The van der Waals surface area contributed by atoms with Gasteiger partial charge in [0.2, 0.25) is 0 Å². The van der Waals surface area contributed by atoms with Crippen molar-refractivity contribution >= 4 is 29.0 Å². The van der Waals surface area contributed by atoms with Crippen molar-refractivity contribution in [2.45, 2.75) is 0 Å². The second-order valence-corrected chi connectivity index (χ2v) is 6.99. The molecule has 3 aromatic carbocycles. The highest BCUT2D eigenvalue weighted by Gasteiger charge is 2.17. The molecule has 0 fully saturated rings. The summed E-state index contributed by atoms with van der Waals surface area (Å²) in [6, 6.07) is 17.0. The summed E-state index contributed by atoms with van der Waals surface area (Å²) >= 11 is 0. The number of nitro benzene ring substituents is 2. The molecule has 0 spiro atoms. The molecule has 178 valence electrons. The second kappa shape index (κ2) is 10.9. The van der Waals surface area contributed by atoms with Crippen molar-refractivity contribution in [1.29, 1.82) is 10.5 Å². The zero-order valence-corrected chi connectivity index (χ0v) is 18.5. The van der Waals surface area contributed by atoms with Gasteiger partial charge >= 0.3 is 0 Å². The fraction of sp³-hybridized carbons (Fsp3) is 0.0417. The maximum atomic E-state index is 12.6. The minimum Gasteiger partial charge on any atom is -0.495 e. The van der Waals surface area contributed by atoms with E-state index in [1.54, 1.807) is 18.2 Å². The predicted octanol–water partition coefficient (Wildman–Crippen LogP) is 4.72. The van der Waals surface area contributed by atoms with Crippen molar-refractivity contribution in [2.75, 3.05) is 12.4 Å². The van der Waals surface area contributed by atoms with Gasteiger partial charge in [-0.15, -0.1) is 0 Å². The maximum absolute atomic E-state index is 12.6. The van der Waals surface area contributed by atoms with Gasteiger partial charge in [0.1, 0.15) is 40.5 Å². The molecule has 12 heteroatoms. The van der Waals surface area contributed by atoms with Gasteiger partial charge in [-0.3, -0.25) is 25.0 Å². The molecule has 0 saturated carbocycles. The number of rotatable bonds is 8. The lowest BCUT2D eigenvalue weighted by atomic mass is 10.1. The molecule has 3 aromatic rings. The topological polar surface area (TPSA) is 181 Å². The van der Waals surface area contributed by atoms with Crippen LogP contribution in [0.25, 0.3) is 6.08 Å². The van der Waals surface area contributed by atoms with E-state index in [4.69, 9.17) is 9.47 Å². The number of benzene rings is 3. The van der Waals surface area contributed by atoms with E-state index in [-0.39, 0.29) is 39.7 Å². The van der Waals surface area contributed by atoms with Gasteiger partial charge in [0.25, 0.3) is 17.3 Å². The number of nitrogens with zero attached hydrogens (tertiary/aromatic N) is 4. The first kappa shape index (κ1) is 24.9. The minimum absolute atomic E-state index is 0.0202. The number of methoxy groups -OCH3 is 1. The van der Waals surface area contributed by atoms with Crippen LogP contribution in [0.15, 0.2) is 66.2 Å². The third-order valence-corrected chi connectivity index (χ3v) is 4.72. The Kier molecular flexibility index (Phi) is 7.54. The normalized spacial score (nSPS) is 10.5. The number of carbonyl (C=O) groups is 1. The van der Waals surface area contributed by atoms with E-state index in [1.807, 2.05) is 6.07 Å². The summed E-state index contributed by atoms with van der Waals surface area (Å²) < 4.78 is 10.7. The molecule has 0 radical (unpaired) electrons. The van der Waals surface area contributed by atoms with E-state index in [1.165, 1.54) is 49.6 Å². The highest BCUT2D eigenvalue weighted by Crippen LogP contribution is 2.30. The average Bonchev–Trinajstić information content (AvgIpc) is 2.88. The Hall–Kier alpha value is -5.75. The van der Waals surface area contributed by atoms with Crippen molar-refractivity contribution in [3.05, 3.63) is 97.6 Å². The molecular formula is C24H15N5O7. The van der Waals surface area contributed by atoms with E-state index in [2.05, 4.69) is 5.32 Å². The number of nitriles is 2. The number of anilines is 1. The fourth-order valence-electron chi connectivity index (χ4n) is 2.98. The van der Waals surface area contributed by atoms with Gasteiger partial charge < -0.3 is 14.8 Å². The van der Waals surface area contributed by atoms with Gasteiger partial charge in [-0.2, -0.15) is 10.5 Å². The standard InChI is InChI=1S/C24H15N5O7/c1-35-23-9-5-19(29(33)34)12-21(23)27-24(30)17(14-26)10-15-2-6-20(7-3-15)36-22-8-4-18(28(31)32)11-16(22)13-25/h2-12H,1H3,(H,27,30)/b17-10+. The number of carbonyl (C=O) groups excluding carboxylic acids is 1. The van der Waals surface area contributed by atoms with Crippen LogP contribution in [0.5, 0.6) is 17.2 Å². The highest BCUT2D eigenvalue weighted by molar-refractivity contribution is 6.10. The van der Waals surface area contributed by atoms with Crippen LogP contribution in [-0.4, -0.2) is 22.9 Å². The first-order valence-electron chi connectivity index (χ1n) is 9.97. The molecule has 0 heterocycles. The number of hydrogen-bond acceptors (Lipinski definition) is 9. The highest BCUT2D eigenvalue weighted by atomic mass is 16.6. The predicted molar refractivity (Wildman–Crippen MR) is 126 cm³/mol. The zero-order chi connectivity index (χ0) is 26.2. The van der Waals surface area contributed by atoms with Gasteiger partial charge in [-0.05, 0) is 35.9 Å². The van der Waals surface area contributed by atoms with Gasteiger partial charge in [0.15, 0.2) is 0 Å². The Morgan fingerprint density at radius 3 is 2.11 bits per heavy atom. The van der Waals surface area contributed by atoms with Crippen LogP contribution in [0.1, 0.15) is 11.1 Å². The Labute approximate surface area is 203 Å². The Bertz CT molecular complexity index is 1470. The lowest BCUT2D eigenvalue weighted by Gasteiger charge is -2.10. The monoisotopic (exact) mass is 485 g/mol. The van der Waals surface area contributed by atoms with Crippen molar-refractivity contribution in [3.8, 4) is 29.4 Å². The molecule has 0 atom stereocenters. The van der Waals surface area contributed by atoms with Crippen molar-refractivity contribution in [1.82, 2.24) is 0 Å². The molecule has 0 aliphatic rings. The smallest absolute Gasteiger partial charge is 0.271 e. The molecule has 36 heavy (non-hydrogen) atoms. The number of hydrogen-bond donors (Lipinski definition) is 1. The molecule has 0 saturated heterocycles. The minimum atomic E-state index is -0.804. The molecule has 0 unspecified atom stereocenters. The van der Waals surface area contributed by atoms with Crippen molar-refractivity contribution in [2.24, 2.45) is 0 Å². The van der Waals surface area contributed by atoms with Crippen LogP contribution >= 0.6 is 0 Å². The fourth-order valence-corrected chi connectivity index (χ4v) is 2.98. The number of nitro groups is 2. The molecule has 0 bridgehead atoms. The summed E-state index contributed by atoms with van der Waals surface area (Å²) in [5.41, 5.74) is -0.323. The van der Waals surface area contributed by atoms with E-state index >= 15 is 0 Å². The van der Waals surface area contributed by atoms with Crippen LogP contribution in [0.4, 0.5) is 17.1 Å². The summed E-state index contributed by atoms with van der Waals surface area (Å²) in [7, 11) is 1.33. The van der Waals surface area contributed by atoms with Crippen LogP contribution < -0.4 is 14.8 Å². The molecule has 1 amide bonds. The van der Waals surface area contributed by atoms with Crippen LogP contribution in [0.3, 0.4) is 0 Å². The van der Waals surface area contributed by atoms with E-state index in [9.17, 15) is 35.5 Å². The number of ether oxygens (including phenoxy) is 2. The largest absolute Gasteiger partial charge is 0.495 e. The molecule has 3 rings (SSSR count). The summed E-state index contributed by atoms with van der Waals surface area (Å²) in [4.78, 5) is 33.3. The molecule has 12 nitrogen and oxygen atoms in total. The van der Waals surface area contributed by atoms with E-state index in [0.29, 0.717) is 11.3 Å². The third-order valence-electron chi connectivity index (χ3n) is 4.72. The Morgan fingerprint density at radius 1 is 0.944 bits per heavy atom. The van der Waals surface area contributed by atoms with Gasteiger partial charge in [0.05, 0.1) is 22.6 Å². The quantitative estimate of drug-likeness (QED) is 0.204. The lowest BCUT2D eigenvalue weighted by molar-refractivity contribution is -0.385. The number of nitrogens with one attached hydrogen (secondary N) is 1. The first-order valence-corrected chi connectivity index (χ1v) is 9.97. The number of amides is 1. The van der Waals surface area contributed by atoms with Crippen molar-refractivity contribution < 1.29 is 24.1 Å². The SMILES string of the molecule is COc1ccc([N+](=O)[O-])cc1NC(=O)/C(C#N)=C/c1ccc(Oc2ccc([N+](=O)[O-])cc2C#N)cc1. The van der Waals surface area contributed by atoms with Crippen LogP contribution in [-0.2, 0) is 4.79 Å². The third kappa shape index (κ3) is 5.78. The molecular weight excluding hydrogens is 470 g/mol. The summed E-state index contributed by atoms with van der Waals surface area (Å²) in [6.07, 6.45) is 1.30. The maximum Gasteiger partial charge on any atom is 0.271 e. The lowest BCUT2D eigenvalue weighted by Crippen LogP contribution is -2.14. The first-order chi connectivity index (χ1) is 17.2. The summed E-state index contributed by atoms with van der Waals surface area (Å²) in [5.74, 6) is -0.201. The van der Waals surface area contributed by atoms with Gasteiger partial charge in [0, 0.05) is 24.3 Å². The molecule has 0 aliphatic heterocycles. The summed E-state index contributed by atoms with van der Waals surface area (Å²) in [5, 5.41) is 43.0. The number of non-ortho nitro benzene ring substituents is 2. The molecule has 0 aromatic heterocycles. The molecule has 1 N–H and O–H groups in total. The van der Waals surface area contributed by atoms with Crippen LogP contribution in [0.2, 0.25) is 0 Å². The van der Waals surface area contributed by atoms with Gasteiger partial charge in [-0.1, -0.05) is 12.1 Å². The second-order valence-electron chi connectivity index (χ2n) is 6.99.